The van der Waals surface area contributed by atoms with E-state index in [1.54, 1.807) is 11.3 Å². The number of hydrogen-bond acceptors (Lipinski definition) is 4. The minimum Gasteiger partial charge on any atom is -0.266 e. The van der Waals surface area contributed by atoms with Gasteiger partial charge in [0.1, 0.15) is 4.88 Å². The Labute approximate surface area is 134 Å². The fraction of sp³-hybridized carbons (Fsp3) is 0.0667. The van der Waals surface area contributed by atoms with Crippen LogP contribution in [0.1, 0.15) is 21.5 Å². The van der Waals surface area contributed by atoms with Gasteiger partial charge in [0.15, 0.2) is 0 Å². The van der Waals surface area contributed by atoms with E-state index >= 15 is 0 Å². The first-order chi connectivity index (χ1) is 10.2. The first-order valence-corrected chi connectivity index (χ1v) is 8.30. The lowest BCUT2D eigenvalue weighted by Crippen LogP contribution is -2.18. The fourth-order valence-electron chi connectivity index (χ4n) is 1.88. The zero-order valence-electron chi connectivity index (χ0n) is 11.1. The molecule has 1 amide bonds. The van der Waals surface area contributed by atoms with E-state index < -0.39 is 0 Å². The predicted octanol–water partition coefficient (Wildman–Crippen LogP) is 4.77. The lowest BCUT2D eigenvalue weighted by Gasteiger charge is -1.99. The van der Waals surface area contributed by atoms with Crippen molar-refractivity contribution in [3.8, 4) is 0 Å². The summed E-state index contributed by atoms with van der Waals surface area (Å²) >= 11 is 9.22. The monoisotopic (exact) mass is 334 g/mol. The molecule has 1 aromatic carbocycles. The normalized spacial score (nSPS) is 11.8. The third-order valence-corrected chi connectivity index (χ3v) is 5.60. The second-order valence-corrected chi connectivity index (χ2v) is 6.73. The Kier molecular flexibility index (Phi) is 4.05. The zero-order chi connectivity index (χ0) is 14.8. The van der Waals surface area contributed by atoms with Crippen LogP contribution in [0.4, 0.5) is 0 Å². The van der Waals surface area contributed by atoms with E-state index in [0.29, 0.717) is 9.90 Å². The summed E-state index contributed by atoms with van der Waals surface area (Å²) in [5.74, 6) is -0.280. The lowest BCUT2D eigenvalue weighted by molar-refractivity contribution is 0.0959. The summed E-state index contributed by atoms with van der Waals surface area (Å²) in [6, 6.07) is 11.6. The van der Waals surface area contributed by atoms with Crippen molar-refractivity contribution in [1.82, 2.24) is 5.43 Å². The van der Waals surface area contributed by atoms with Crippen molar-refractivity contribution in [2.45, 2.75) is 6.92 Å². The van der Waals surface area contributed by atoms with Crippen LogP contribution in [0.2, 0.25) is 5.02 Å². The van der Waals surface area contributed by atoms with Crippen LogP contribution in [-0.2, 0) is 0 Å². The van der Waals surface area contributed by atoms with E-state index in [9.17, 15) is 4.79 Å². The quantitative estimate of drug-likeness (QED) is 0.544. The molecule has 0 saturated heterocycles. The van der Waals surface area contributed by atoms with Crippen molar-refractivity contribution in [2.75, 3.05) is 0 Å². The molecule has 3 aromatic rings. The third-order valence-electron chi connectivity index (χ3n) is 2.94. The molecule has 3 nitrogen and oxygen atoms in total. The Morgan fingerprint density at radius 2 is 2.05 bits per heavy atom. The highest BCUT2D eigenvalue weighted by atomic mass is 35.5. The highest BCUT2D eigenvalue weighted by Gasteiger charge is 2.16. The molecule has 0 atom stereocenters. The van der Waals surface area contributed by atoms with Crippen molar-refractivity contribution < 1.29 is 4.79 Å². The predicted molar refractivity (Wildman–Crippen MR) is 90.8 cm³/mol. The maximum Gasteiger partial charge on any atom is 0.283 e. The molecule has 2 aromatic heterocycles. The summed E-state index contributed by atoms with van der Waals surface area (Å²) < 4.78 is 0.992. The van der Waals surface area contributed by atoms with E-state index in [4.69, 9.17) is 11.6 Å². The van der Waals surface area contributed by atoms with Crippen molar-refractivity contribution in [3.05, 3.63) is 56.6 Å². The molecule has 0 saturated carbocycles. The molecule has 21 heavy (non-hydrogen) atoms. The van der Waals surface area contributed by atoms with Crippen molar-refractivity contribution in [1.29, 1.82) is 0 Å². The van der Waals surface area contributed by atoms with Crippen LogP contribution in [0, 0.1) is 0 Å². The van der Waals surface area contributed by atoms with Crippen molar-refractivity contribution >= 4 is 56.0 Å². The van der Waals surface area contributed by atoms with E-state index in [1.165, 1.54) is 11.3 Å². The molecule has 1 N–H and O–H groups in total. The molecular formula is C15H11ClN2OS2. The van der Waals surface area contributed by atoms with Gasteiger partial charge in [-0.15, -0.1) is 22.7 Å². The Morgan fingerprint density at radius 1 is 1.24 bits per heavy atom. The van der Waals surface area contributed by atoms with Crippen LogP contribution in [0.25, 0.3) is 10.1 Å². The number of hydrogen-bond donors (Lipinski definition) is 1. The Hall–Kier alpha value is -1.69. The molecule has 6 heteroatoms. The van der Waals surface area contributed by atoms with Gasteiger partial charge in [0.2, 0.25) is 0 Å². The van der Waals surface area contributed by atoms with Gasteiger partial charge in [0.05, 0.1) is 10.7 Å². The number of benzene rings is 1. The molecule has 0 spiro atoms. The number of nitrogens with one attached hydrogen (secondary N) is 1. The topological polar surface area (TPSA) is 41.5 Å². The van der Waals surface area contributed by atoms with Gasteiger partial charge in [0.25, 0.3) is 5.91 Å². The lowest BCUT2D eigenvalue weighted by atomic mass is 10.2. The van der Waals surface area contributed by atoms with Gasteiger partial charge in [-0.1, -0.05) is 35.9 Å². The van der Waals surface area contributed by atoms with Gasteiger partial charge in [-0.25, -0.2) is 5.43 Å². The summed E-state index contributed by atoms with van der Waals surface area (Å²) in [6.45, 7) is 1.86. The number of carbonyl (C=O) groups excluding carboxylic acids is 1. The minimum absolute atomic E-state index is 0.280. The number of hydrazone groups is 1. The Bertz CT molecular complexity index is 821. The zero-order valence-corrected chi connectivity index (χ0v) is 13.5. The number of fused-ring (bicyclic) bond motifs is 1. The number of halogens is 1. The van der Waals surface area contributed by atoms with E-state index in [0.717, 1.165) is 20.7 Å². The molecule has 2 heterocycles. The summed E-state index contributed by atoms with van der Waals surface area (Å²) in [6.07, 6.45) is 0. The average molecular weight is 335 g/mol. The summed E-state index contributed by atoms with van der Waals surface area (Å²) in [4.78, 5) is 13.7. The maximum absolute atomic E-state index is 12.2. The molecule has 106 valence electrons. The first-order valence-electron chi connectivity index (χ1n) is 6.22. The number of amides is 1. The van der Waals surface area contributed by atoms with Crippen LogP contribution in [0.3, 0.4) is 0 Å². The maximum atomic E-state index is 12.2. The van der Waals surface area contributed by atoms with E-state index in [2.05, 4.69) is 10.5 Å². The van der Waals surface area contributed by atoms with E-state index in [1.807, 2.05) is 48.7 Å². The first kappa shape index (κ1) is 14.3. The molecular weight excluding hydrogens is 324 g/mol. The molecule has 0 bridgehead atoms. The highest BCUT2D eigenvalue weighted by Crippen LogP contribution is 2.34. The molecule has 0 aliphatic rings. The Balaban J connectivity index is 1.84. The van der Waals surface area contributed by atoms with Crippen molar-refractivity contribution in [3.63, 3.8) is 0 Å². The smallest absolute Gasteiger partial charge is 0.266 e. The van der Waals surface area contributed by atoms with Crippen molar-refractivity contribution in [2.24, 2.45) is 5.10 Å². The standard InChI is InChI=1S/C15H11ClN2OS2/c1-9(11-7-4-8-20-11)17-18-15(19)14-13(16)10-5-2-3-6-12(10)21-14/h2-8H,1H3,(H,18,19)/b17-9+. The SMILES string of the molecule is C/C(=N\NC(=O)c1sc2ccccc2c1Cl)c1cccs1. The number of carbonyl (C=O) groups is 1. The van der Waals surface area contributed by atoms with Crippen LogP contribution >= 0.6 is 34.3 Å². The number of rotatable bonds is 3. The van der Waals surface area contributed by atoms with Gasteiger partial charge in [-0.2, -0.15) is 5.10 Å². The number of thiophene rings is 2. The largest absolute Gasteiger partial charge is 0.283 e. The van der Waals surface area contributed by atoms with Crippen LogP contribution < -0.4 is 5.43 Å². The second-order valence-electron chi connectivity index (χ2n) is 4.36. The van der Waals surface area contributed by atoms with Gasteiger partial charge in [-0.3, -0.25) is 4.79 Å². The third kappa shape index (κ3) is 2.85. The molecule has 3 rings (SSSR count). The molecule has 0 aliphatic heterocycles. The molecule has 0 radical (unpaired) electrons. The minimum atomic E-state index is -0.280. The van der Waals surface area contributed by atoms with Gasteiger partial charge in [-0.05, 0) is 24.4 Å². The molecule has 0 aliphatic carbocycles. The summed E-state index contributed by atoms with van der Waals surface area (Å²) in [5.41, 5.74) is 3.34. The highest BCUT2D eigenvalue weighted by molar-refractivity contribution is 7.21. The fourth-order valence-corrected chi connectivity index (χ4v) is 3.97. The van der Waals surface area contributed by atoms with Gasteiger partial charge < -0.3 is 0 Å². The molecule has 0 fully saturated rings. The summed E-state index contributed by atoms with van der Waals surface area (Å²) in [7, 11) is 0. The van der Waals surface area contributed by atoms with E-state index in [-0.39, 0.29) is 5.91 Å². The van der Waals surface area contributed by atoms with Crippen LogP contribution in [-0.4, -0.2) is 11.6 Å². The van der Waals surface area contributed by atoms with Crippen LogP contribution in [0.5, 0.6) is 0 Å². The average Bonchev–Trinajstić information content (AvgIpc) is 3.13. The van der Waals surface area contributed by atoms with Gasteiger partial charge >= 0.3 is 0 Å². The Morgan fingerprint density at radius 3 is 2.76 bits per heavy atom. The molecule has 0 unspecified atom stereocenters. The number of nitrogens with zero attached hydrogens (tertiary/aromatic N) is 1. The van der Waals surface area contributed by atoms with Crippen LogP contribution in [0.15, 0.2) is 46.9 Å². The van der Waals surface area contributed by atoms with Gasteiger partial charge in [0, 0.05) is 15.0 Å². The summed E-state index contributed by atoms with van der Waals surface area (Å²) in [5, 5.41) is 7.48. The second kappa shape index (κ2) is 5.97.